The van der Waals surface area contributed by atoms with E-state index in [1.54, 1.807) is 0 Å². The molecule has 0 unspecified atom stereocenters. The highest BCUT2D eigenvalue weighted by atomic mass is 16.3. The maximum absolute atomic E-state index is 8.88. The molecule has 2 heterocycles. The molecule has 16 heavy (non-hydrogen) atoms. The second kappa shape index (κ2) is 6.55. The number of nitrogens with one attached hydrogen (secondary N) is 1. The Bertz CT molecular complexity index is 187. The molecule has 94 valence electrons. The fourth-order valence-corrected chi connectivity index (χ4v) is 2.73. The number of rotatable bonds is 4. The molecular formula is C12H25N3O. The smallest absolute Gasteiger partial charge is 0.0558 e. The van der Waals surface area contributed by atoms with Gasteiger partial charge in [-0.15, -0.1) is 0 Å². The second-order valence-electron chi connectivity index (χ2n) is 5.01. The summed E-state index contributed by atoms with van der Waals surface area (Å²) in [5.41, 5.74) is 0. The Kier molecular flexibility index (Phi) is 5.03. The van der Waals surface area contributed by atoms with Crippen molar-refractivity contribution in [3.05, 3.63) is 0 Å². The highest BCUT2D eigenvalue weighted by molar-refractivity contribution is 4.79. The third-order valence-corrected chi connectivity index (χ3v) is 3.77. The molecule has 2 rings (SSSR count). The molecule has 0 aromatic heterocycles. The molecule has 0 aliphatic carbocycles. The lowest BCUT2D eigenvalue weighted by molar-refractivity contribution is 0.103. The summed E-state index contributed by atoms with van der Waals surface area (Å²) in [6.07, 6.45) is 4.08. The van der Waals surface area contributed by atoms with E-state index in [0.717, 1.165) is 38.8 Å². The van der Waals surface area contributed by atoms with E-state index in [9.17, 15) is 0 Å². The Morgan fingerprint density at radius 3 is 2.44 bits per heavy atom. The van der Waals surface area contributed by atoms with Crippen molar-refractivity contribution in [1.82, 2.24) is 15.1 Å². The van der Waals surface area contributed by atoms with Crippen LogP contribution in [0.25, 0.3) is 0 Å². The molecule has 0 aromatic carbocycles. The van der Waals surface area contributed by atoms with E-state index in [4.69, 9.17) is 5.11 Å². The first-order chi connectivity index (χ1) is 7.88. The first kappa shape index (κ1) is 12.3. The molecule has 0 radical (unpaired) electrons. The highest BCUT2D eigenvalue weighted by Crippen LogP contribution is 2.10. The fourth-order valence-electron chi connectivity index (χ4n) is 2.73. The van der Waals surface area contributed by atoms with Crippen LogP contribution in [0.5, 0.6) is 0 Å². The van der Waals surface area contributed by atoms with Gasteiger partial charge in [0.25, 0.3) is 0 Å². The van der Waals surface area contributed by atoms with Crippen LogP contribution in [0.15, 0.2) is 0 Å². The van der Waals surface area contributed by atoms with Crippen LogP contribution in [0.2, 0.25) is 0 Å². The van der Waals surface area contributed by atoms with Crippen molar-refractivity contribution < 1.29 is 5.11 Å². The van der Waals surface area contributed by atoms with Crippen LogP contribution in [-0.4, -0.2) is 73.4 Å². The minimum Gasteiger partial charge on any atom is -0.395 e. The van der Waals surface area contributed by atoms with Gasteiger partial charge in [0, 0.05) is 45.3 Å². The number of β-amino-alcohol motifs (C(OH)–C–C–N with tert-alkyl or cyclic N) is 1. The zero-order valence-electron chi connectivity index (χ0n) is 10.2. The summed E-state index contributed by atoms with van der Waals surface area (Å²) in [6.45, 7) is 8.12. The lowest BCUT2D eigenvalue weighted by Gasteiger charge is -2.37. The van der Waals surface area contributed by atoms with Crippen LogP contribution in [0.4, 0.5) is 0 Å². The third kappa shape index (κ3) is 3.70. The number of hydrogen-bond acceptors (Lipinski definition) is 4. The van der Waals surface area contributed by atoms with E-state index >= 15 is 0 Å². The molecule has 2 aliphatic rings. The van der Waals surface area contributed by atoms with Crippen molar-refractivity contribution in [3.63, 3.8) is 0 Å². The maximum atomic E-state index is 8.88. The Morgan fingerprint density at radius 2 is 1.81 bits per heavy atom. The minimum absolute atomic E-state index is 0.296. The van der Waals surface area contributed by atoms with Gasteiger partial charge in [-0.2, -0.15) is 0 Å². The number of hydrogen-bond donors (Lipinski definition) is 2. The number of aliphatic hydroxyl groups is 1. The van der Waals surface area contributed by atoms with E-state index in [-0.39, 0.29) is 0 Å². The van der Waals surface area contributed by atoms with Crippen LogP contribution in [-0.2, 0) is 0 Å². The lowest BCUT2D eigenvalue weighted by Crippen LogP contribution is -2.51. The zero-order valence-corrected chi connectivity index (χ0v) is 10.2. The van der Waals surface area contributed by atoms with Crippen molar-refractivity contribution in [3.8, 4) is 0 Å². The first-order valence-electron chi connectivity index (χ1n) is 6.67. The monoisotopic (exact) mass is 227 g/mol. The fraction of sp³-hybridized carbons (Fsp3) is 1.00. The Balaban J connectivity index is 1.64. The molecule has 4 heteroatoms. The Hall–Kier alpha value is -0.160. The van der Waals surface area contributed by atoms with Gasteiger partial charge < -0.3 is 10.4 Å². The van der Waals surface area contributed by atoms with Gasteiger partial charge in [-0.05, 0) is 19.4 Å². The standard InChI is InChI=1S/C12H25N3O/c16-10-9-14-5-7-15(8-6-14)11-12-3-1-2-4-13-12/h12-13,16H,1-11H2/t12-/m1/s1. The number of piperazine rings is 1. The number of nitrogens with zero attached hydrogens (tertiary/aromatic N) is 2. The Morgan fingerprint density at radius 1 is 1.06 bits per heavy atom. The summed E-state index contributed by atoms with van der Waals surface area (Å²) in [4.78, 5) is 4.92. The molecule has 2 saturated heterocycles. The largest absolute Gasteiger partial charge is 0.395 e. The van der Waals surface area contributed by atoms with Crippen molar-refractivity contribution >= 4 is 0 Å². The Labute approximate surface area is 98.6 Å². The zero-order chi connectivity index (χ0) is 11.2. The summed E-state index contributed by atoms with van der Waals surface area (Å²) in [5, 5.41) is 12.5. The average molecular weight is 227 g/mol. The van der Waals surface area contributed by atoms with Gasteiger partial charge in [-0.1, -0.05) is 6.42 Å². The van der Waals surface area contributed by atoms with Gasteiger partial charge >= 0.3 is 0 Å². The summed E-state index contributed by atoms with van der Waals surface area (Å²) in [7, 11) is 0. The molecule has 4 nitrogen and oxygen atoms in total. The first-order valence-corrected chi connectivity index (χ1v) is 6.67. The minimum atomic E-state index is 0.296. The van der Waals surface area contributed by atoms with E-state index in [2.05, 4.69) is 15.1 Å². The van der Waals surface area contributed by atoms with Crippen molar-refractivity contribution in [1.29, 1.82) is 0 Å². The molecule has 2 aliphatic heterocycles. The molecule has 0 spiro atoms. The molecule has 0 bridgehead atoms. The van der Waals surface area contributed by atoms with Gasteiger partial charge in [-0.3, -0.25) is 9.80 Å². The van der Waals surface area contributed by atoms with Crippen LogP contribution in [0.3, 0.4) is 0 Å². The van der Waals surface area contributed by atoms with Gasteiger partial charge in [0.1, 0.15) is 0 Å². The third-order valence-electron chi connectivity index (χ3n) is 3.77. The quantitative estimate of drug-likeness (QED) is 0.694. The van der Waals surface area contributed by atoms with E-state index in [0.29, 0.717) is 6.61 Å². The van der Waals surface area contributed by atoms with Crippen molar-refractivity contribution in [2.75, 3.05) is 52.4 Å². The highest BCUT2D eigenvalue weighted by Gasteiger charge is 2.20. The van der Waals surface area contributed by atoms with Crippen LogP contribution in [0, 0.1) is 0 Å². The van der Waals surface area contributed by atoms with Gasteiger partial charge in [0.05, 0.1) is 6.61 Å². The summed E-state index contributed by atoms with van der Waals surface area (Å²) >= 11 is 0. The van der Waals surface area contributed by atoms with Gasteiger partial charge in [-0.25, -0.2) is 0 Å². The number of aliphatic hydroxyl groups excluding tert-OH is 1. The molecule has 2 fully saturated rings. The van der Waals surface area contributed by atoms with Crippen LogP contribution < -0.4 is 5.32 Å². The number of piperidine rings is 1. The topological polar surface area (TPSA) is 38.7 Å². The van der Waals surface area contributed by atoms with Crippen molar-refractivity contribution in [2.45, 2.75) is 25.3 Å². The predicted molar refractivity (Wildman–Crippen MR) is 65.6 cm³/mol. The summed E-state index contributed by atoms with van der Waals surface area (Å²) < 4.78 is 0. The van der Waals surface area contributed by atoms with E-state index in [1.807, 2.05) is 0 Å². The molecular weight excluding hydrogens is 202 g/mol. The second-order valence-corrected chi connectivity index (χ2v) is 5.01. The molecule has 0 aromatic rings. The SMILES string of the molecule is OCCN1CCN(C[C@H]2CCCCN2)CC1. The molecule has 0 saturated carbocycles. The van der Waals surface area contributed by atoms with Crippen LogP contribution >= 0.6 is 0 Å². The predicted octanol–water partition coefficient (Wildman–Crippen LogP) is -0.262. The lowest BCUT2D eigenvalue weighted by atomic mass is 10.0. The van der Waals surface area contributed by atoms with Gasteiger partial charge in [0.15, 0.2) is 0 Å². The van der Waals surface area contributed by atoms with Crippen molar-refractivity contribution in [2.24, 2.45) is 0 Å². The van der Waals surface area contributed by atoms with E-state index < -0.39 is 0 Å². The average Bonchev–Trinajstić information content (AvgIpc) is 2.33. The summed E-state index contributed by atoms with van der Waals surface area (Å²) in [5.74, 6) is 0. The van der Waals surface area contributed by atoms with Crippen LogP contribution in [0.1, 0.15) is 19.3 Å². The van der Waals surface area contributed by atoms with E-state index in [1.165, 1.54) is 32.4 Å². The van der Waals surface area contributed by atoms with Gasteiger partial charge in [0.2, 0.25) is 0 Å². The molecule has 1 atom stereocenters. The summed E-state index contributed by atoms with van der Waals surface area (Å²) in [6, 6.07) is 0.721. The normalized spacial score (nSPS) is 29.4. The molecule has 0 amide bonds. The molecule has 2 N–H and O–H groups in total. The maximum Gasteiger partial charge on any atom is 0.0558 e.